The molecule has 0 aromatic heterocycles. The zero-order chi connectivity index (χ0) is 15.7. The normalized spacial score (nSPS) is 28.1. The molecule has 7 nitrogen and oxygen atoms in total. The number of nitrogens with two attached hydrogens (primary N) is 1. The average molecular weight is 303 g/mol. The Bertz CT molecular complexity index is 551. The number of piperidine rings is 1. The second kappa shape index (κ2) is 5.59. The number of aliphatic imine (C=N–C) groups is 1. The lowest BCUT2D eigenvalue weighted by molar-refractivity contribution is -0.125. The van der Waals surface area contributed by atoms with Gasteiger partial charge in [-0.05, 0) is 25.7 Å². The molecule has 0 aromatic rings. The first-order valence-corrected chi connectivity index (χ1v) is 7.90. The predicted octanol–water partition coefficient (Wildman–Crippen LogP) is 0.122. The monoisotopic (exact) mass is 303 g/mol. The van der Waals surface area contributed by atoms with Crippen molar-refractivity contribution in [3.8, 4) is 6.07 Å². The summed E-state index contributed by atoms with van der Waals surface area (Å²) in [5.74, 6) is -0.718. The second-order valence-electron chi connectivity index (χ2n) is 6.46. The molecular weight excluding hydrogens is 282 g/mol. The molecule has 3 rings (SSSR count). The van der Waals surface area contributed by atoms with Crippen LogP contribution >= 0.6 is 0 Å². The van der Waals surface area contributed by atoms with Crippen LogP contribution in [0.15, 0.2) is 4.99 Å². The van der Waals surface area contributed by atoms with Gasteiger partial charge in [-0.25, -0.2) is 4.99 Å². The van der Waals surface area contributed by atoms with E-state index < -0.39 is 11.5 Å². The molecule has 3 N–H and O–H groups in total. The summed E-state index contributed by atoms with van der Waals surface area (Å²) in [6.45, 7) is 1.31. The van der Waals surface area contributed by atoms with E-state index in [1.807, 2.05) is 4.90 Å². The molecule has 0 aromatic carbocycles. The minimum absolute atomic E-state index is 0.0940. The fourth-order valence-corrected chi connectivity index (χ4v) is 3.82. The van der Waals surface area contributed by atoms with Crippen molar-refractivity contribution in [2.24, 2.45) is 22.6 Å². The number of carbonyl (C=O) groups is 2. The topological polar surface area (TPSA) is 112 Å². The molecule has 7 heteroatoms. The van der Waals surface area contributed by atoms with Gasteiger partial charge in [0.15, 0.2) is 5.92 Å². The minimum Gasteiger partial charge on any atom is -0.369 e. The summed E-state index contributed by atoms with van der Waals surface area (Å²) in [5.41, 5.74) is 4.80. The molecule has 0 bridgehead atoms. The lowest BCUT2D eigenvalue weighted by Gasteiger charge is -2.39. The molecule has 0 radical (unpaired) electrons. The molecular formula is C15H21N5O2. The number of hydrogen-bond donors (Lipinski definition) is 2. The summed E-state index contributed by atoms with van der Waals surface area (Å²) in [4.78, 5) is 30.3. The highest BCUT2D eigenvalue weighted by Crippen LogP contribution is 2.41. The summed E-state index contributed by atoms with van der Waals surface area (Å²) in [6.07, 6.45) is 4.95. The summed E-state index contributed by atoms with van der Waals surface area (Å²) in [5, 5.41) is 12.1. The predicted molar refractivity (Wildman–Crippen MR) is 79.4 cm³/mol. The molecule has 1 saturated heterocycles. The SMILES string of the molecule is N#CC1C(=O)NC(N2CCC(C(N)=O)CC2)=NC12CCCC2. The van der Waals surface area contributed by atoms with Crippen molar-refractivity contribution in [1.29, 1.82) is 5.26 Å². The summed E-state index contributed by atoms with van der Waals surface area (Å²) < 4.78 is 0. The first kappa shape index (κ1) is 14.8. The molecule has 2 heterocycles. The molecule has 22 heavy (non-hydrogen) atoms. The summed E-state index contributed by atoms with van der Waals surface area (Å²) in [6, 6.07) is 2.13. The van der Waals surface area contributed by atoms with Crippen LogP contribution in [0.25, 0.3) is 0 Å². The Hall–Kier alpha value is -2.10. The number of amides is 2. The number of guanidine groups is 1. The van der Waals surface area contributed by atoms with E-state index in [4.69, 9.17) is 10.7 Å². The van der Waals surface area contributed by atoms with Crippen molar-refractivity contribution in [2.45, 2.75) is 44.1 Å². The number of hydrogen-bond acceptors (Lipinski definition) is 5. The Labute approximate surface area is 129 Å². The number of nitrogens with zero attached hydrogens (tertiary/aromatic N) is 3. The third-order valence-corrected chi connectivity index (χ3v) is 5.16. The van der Waals surface area contributed by atoms with Gasteiger partial charge in [0.1, 0.15) is 0 Å². The van der Waals surface area contributed by atoms with Crippen molar-refractivity contribution < 1.29 is 9.59 Å². The van der Waals surface area contributed by atoms with Crippen molar-refractivity contribution in [3.05, 3.63) is 0 Å². The quantitative estimate of drug-likeness (QED) is 0.716. The summed E-state index contributed by atoms with van der Waals surface area (Å²) >= 11 is 0. The van der Waals surface area contributed by atoms with E-state index in [0.29, 0.717) is 31.9 Å². The van der Waals surface area contributed by atoms with Crippen molar-refractivity contribution >= 4 is 17.8 Å². The van der Waals surface area contributed by atoms with Gasteiger partial charge in [-0.3, -0.25) is 14.9 Å². The van der Waals surface area contributed by atoms with Crippen LogP contribution in [0.5, 0.6) is 0 Å². The number of nitrogens with one attached hydrogen (secondary N) is 1. The maximum atomic E-state index is 12.3. The Kier molecular flexibility index (Phi) is 3.77. The molecule has 1 spiro atoms. The smallest absolute Gasteiger partial charge is 0.246 e. The number of likely N-dealkylation sites (tertiary alicyclic amines) is 1. The van der Waals surface area contributed by atoms with Crippen molar-refractivity contribution in [3.63, 3.8) is 0 Å². The second-order valence-corrected chi connectivity index (χ2v) is 6.46. The number of carbonyl (C=O) groups excluding carboxylic acids is 2. The molecule has 1 aliphatic carbocycles. The Balaban J connectivity index is 1.80. The number of rotatable bonds is 1. The Morgan fingerprint density at radius 2 is 2.00 bits per heavy atom. The van der Waals surface area contributed by atoms with Crippen LogP contribution in [0.3, 0.4) is 0 Å². The molecule has 2 fully saturated rings. The molecule has 2 aliphatic heterocycles. The van der Waals surface area contributed by atoms with Crippen LogP contribution in [0.1, 0.15) is 38.5 Å². The maximum Gasteiger partial charge on any atom is 0.246 e. The van der Waals surface area contributed by atoms with Gasteiger partial charge in [0.05, 0.1) is 11.6 Å². The van der Waals surface area contributed by atoms with Crippen LogP contribution in [0.2, 0.25) is 0 Å². The standard InChI is InChI=1S/C15H21N5O2/c16-9-11-13(22)18-14(19-15(11)5-1-2-6-15)20-7-3-10(4-8-20)12(17)21/h10-11H,1-8H2,(H2,17,21)(H,18,19,22). The fraction of sp³-hybridized carbons (Fsp3) is 0.733. The highest BCUT2D eigenvalue weighted by Gasteiger charge is 2.49. The van der Waals surface area contributed by atoms with E-state index in [9.17, 15) is 14.9 Å². The zero-order valence-corrected chi connectivity index (χ0v) is 12.5. The van der Waals surface area contributed by atoms with Crippen molar-refractivity contribution in [1.82, 2.24) is 10.2 Å². The van der Waals surface area contributed by atoms with Gasteiger partial charge < -0.3 is 10.6 Å². The maximum absolute atomic E-state index is 12.3. The van der Waals surface area contributed by atoms with E-state index >= 15 is 0 Å². The van der Waals surface area contributed by atoms with E-state index in [1.54, 1.807) is 0 Å². The highest BCUT2D eigenvalue weighted by atomic mass is 16.2. The van der Waals surface area contributed by atoms with Crippen LogP contribution in [0, 0.1) is 23.2 Å². The van der Waals surface area contributed by atoms with Crippen LogP contribution < -0.4 is 11.1 Å². The average Bonchev–Trinajstić information content (AvgIpc) is 2.95. The van der Waals surface area contributed by atoms with E-state index in [1.165, 1.54) is 0 Å². The third kappa shape index (κ3) is 2.43. The third-order valence-electron chi connectivity index (χ3n) is 5.16. The van der Waals surface area contributed by atoms with Crippen LogP contribution in [-0.4, -0.2) is 41.3 Å². The molecule has 1 saturated carbocycles. The molecule has 2 amide bonds. The van der Waals surface area contributed by atoms with Gasteiger partial charge in [-0.1, -0.05) is 12.8 Å². The Morgan fingerprint density at radius 1 is 1.36 bits per heavy atom. The number of primary amides is 1. The van der Waals surface area contributed by atoms with Gasteiger partial charge in [0.2, 0.25) is 17.8 Å². The van der Waals surface area contributed by atoms with Gasteiger partial charge in [-0.2, -0.15) is 5.26 Å². The summed E-state index contributed by atoms with van der Waals surface area (Å²) in [7, 11) is 0. The largest absolute Gasteiger partial charge is 0.369 e. The minimum atomic E-state index is -0.693. The lowest BCUT2D eigenvalue weighted by Crippen LogP contribution is -2.57. The highest BCUT2D eigenvalue weighted by molar-refractivity contribution is 6.02. The van der Waals surface area contributed by atoms with Crippen molar-refractivity contribution in [2.75, 3.05) is 13.1 Å². The van der Waals surface area contributed by atoms with Crippen LogP contribution in [0.4, 0.5) is 0 Å². The van der Waals surface area contributed by atoms with E-state index in [2.05, 4.69) is 11.4 Å². The van der Waals surface area contributed by atoms with Gasteiger partial charge in [0.25, 0.3) is 0 Å². The first-order valence-electron chi connectivity index (χ1n) is 7.90. The molecule has 1 atom stereocenters. The molecule has 3 aliphatic rings. The van der Waals surface area contributed by atoms with E-state index in [-0.39, 0.29) is 17.7 Å². The van der Waals surface area contributed by atoms with E-state index in [0.717, 1.165) is 25.7 Å². The molecule has 1 unspecified atom stereocenters. The Morgan fingerprint density at radius 3 is 2.55 bits per heavy atom. The zero-order valence-electron chi connectivity index (χ0n) is 12.5. The van der Waals surface area contributed by atoms with Crippen LogP contribution in [-0.2, 0) is 9.59 Å². The van der Waals surface area contributed by atoms with Gasteiger partial charge in [0, 0.05) is 19.0 Å². The molecule has 118 valence electrons. The lowest BCUT2D eigenvalue weighted by atomic mass is 9.82. The first-order chi connectivity index (χ1) is 10.6. The van der Waals surface area contributed by atoms with Gasteiger partial charge in [-0.15, -0.1) is 0 Å². The van der Waals surface area contributed by atoms with Gasteiger partial charge >= 0.3 is 0 Å². The fourth-order valence-electron chi connectivity index (χ4n) is 3.82. The number of nitriles is 1.